The normalized spacial score (nSPS) is 19.5. The van der Waals surface area contributed by atoms with Gasteiger partial charge in [0.25, 0.3) is 0 Å². The van der Waals surface area contributed by atoms with E-state index >= 15 is 0 Å². The molecule has 1 nitrogen and oxygen atoms in total. The van der Waals surface area contributed by atoms with Gasteiger partial charge in [0, 0.05) is 0 Å². The summed E-state index contributed by atoms with van der Waals surface area (Å²) in [5, 5.41) is 10.3. The second-order valence-corrected chi connectivity index (χ2v) is 6.22. The quantitative estimate of drug-likeness (QED) is 0.745. The lowest BCUT2D eigenvalue weighted by molar-refractivity contribution is 0.157. The summed E-state index contributed by atoms with van der Waals surface area (Å²) in [5.74, 6) is 1.48. The van der Waals surface area contributed by atoms with Crippen molar-refractivity contribution in [3.05, 3.63) is 35.4 Å². The molecule has 1 aromatic rings. The van der Waals surface area contributed by atoms with Crippen LogP contribution in [0.3, 0.4) is 0 Å². The van der Waals surface area contributed by atoms with Gasteiger partial charge in [-0.05, 0) is 42.2 Å². The topological polar surface area (TPSA) is 20.2 Å². The van der Waals surface area contributed by atoms with Gasteiger partial charge < -0.3 is 5.11 Å². The van der Waals surface area contributed by atoms with Gasteiger partial charge in [0.05, 0.1) is 6.10 Å². The minimum atomic E-state index is -0.272. The molecule has 106 valence electrons. The van der Waals surface area contributed by atoms with Gasteiger partial charge in [0.15, 0.2) is 0 Å². The van der Waals surface area contributed by atoms with Gasteiger partial charge in [0.1, 0.15) is 0 Å². The molecule has 2 rings (SSSR count). The molecule has 1 aliphatic carbocycles. The van der Waals surface area contributed by atoms with E-state index in [1.807, 2.05) is 0 Å². The highest BCUT2D eigenvalue weighted by Crippen LogP contribution is 2.31. The first-order valence-corrected chi connectivity index (χ1v) is 7.98. The first kappa shape index (κ1) is 14.6. The molecule has 0 saturated heterocycles. The van der Waals surface area contributed by atoms with E-state index in [0.717, 1.165) is 17.9 Å². The van der Waals surface area contributed by atoms with Crippen LogP contribution >= 0.6 is 0 Å². The molecule has 0 aromatic heterocycles. The molecule has 1 saturated carbocycles. The average Bonchev–Trinajstić information content (AvgIpc) is 2.97. The van der Waals surface area contributed by atoms with E-state index in [2.05, 4.69) is 38.1 Å². The Morgan fingerprint density at radius 3 is 2.26 bits per heavy atom. The number of benzene rings is 1. The second kappa shape index (κ2) is 7.09. The summed E-state index contributed by atoms with van der Waals surface area (Å²) in [4.78, 5) is 0. The zero-order chi connectivity index (χ0) is 13.7. The van der Waals surface area contributed by atoms with Gasteiger partial charge >= 0.3 is 0 Å². The summed E-state index contributed by atoms with van der Waals surface area (Å²) in [7, 11) is 0. The molecule has 0 amide bonds. The summed E-state index contributed by atoms with van der Waals surface area (Å²) in [6.45, 7) is 4.47. The van der Waals surface area contributed by atoms with Crippen molar-refractivity contribution in [3.63, 3.8) is 0 Å². The Bertz CT molecular complexity index is 362. The molecule has 1 aromatic carbocycles. The van der Waals surface area contributed by atoms with Crippen LogP contribution < -0.4 is 0 Å². The van der Waals surface area contributed by atoms with Gasteiger partial charge in [0.2, 0.25) is 0 Å². The van der Waals surface area contributed by atoms with Gasteiger partial charge in [-0.1, -0.05) is 63.8 Å². The molecule has 1 aliphatic rings. The molecule has 1 heteroatoms. The highest BCUT2D eigenvalue weighted by Gasteiger charge is 2.17. The molecule has 2 unspecified atom stereocenters. The highest BCUT2D eigenvalue weighted by molar-refractivity contribution is 5.26. The monoisotopic (exact) mass is 260 g/mol. The van der Waals surface area contributed by atoms with Gasteiger partial charge in [-0.15, -0.1) is 0 Å². The average molecular weight is 260 g/mol. The molecule has 1 fully saturated rings. The van der Waals surface area contributed by atoms with E-state index in [9.17, 15) is 5.11 Å². The fourth-order valence-electron chi connectivity index (χ4n) is 3.14. The third kappa shape index (κ3) is 4.07. The predicted octanol–water partition coefficient (Wildman–Crippen LogP) is 5.20. The van der Waals surface area contributed by atoms with Crippen molar-refractivity contribution < 1.29 is 5.11 Å². The van der Waals surface area contributed by atoms with Gasteiger partial charge in [-0.3, -0.25) is 0 Å². The lowest BCUT2D eigenvalue weighted by atomic mass is 9.93. The first-order chi connectivity index (χ1) is 9.20. The van der Waals surface area contributed by atoms with E-state index in [0.29, 0.717) is 5.92 Å². The van der Waals surface area contributed by atoms with Crippen molar-refractivity contribution in [2.75, 3.05) is 0 Å². The van der Waals surface area contributed by atoms with Crippen LogP contribution in [0, 0.1) is 5.92 Å². The third-order valence-electron chi connectivity index (χ3n) is 4.83. The Hall–Kier alpha value is -0.820. The number of hydrogen-bond acceptors (Lipinski definition) is 1. The Kier molecular flexibility index (Phi) is 5.45. The number of aliphatic hydroxyl groups excluding tert-OH is 1. The fraction of sp³-hybridized carbons (Fsp3) is 0.667. The first-order valence-electron chi connectivity index (χ1n) is 7.98. The second-order valence-electron chi connectivity index (χ2n) is 6.22. The SMILES string of the molecule is CCC(C)c1ccc(C(O)CCC2CCCC2)cc1. The van der Waals surface area contributed by atoms with Crippen LogP contribution in [-0.2, 0) is 0 Å². The lowest BCUT2D eigenvalue weighted by Crippen LogP contribution is -2.02. The summed E-state index contributed by atoms with van der Waals surface area (Å²) in [6, 6.07) is 8.59. The molecule has 0 radical (unpaired) electrons. The molecule has 0 bridgehead atoms. The maximum absolute atomic E-state index is 10.3. The Morgan fingerprint density at radius 1 is 1.11 bits per heavy atom. The van der Waals surface area contributed by atoms with Crippen molar-refractivity contribution in [1.82, 2.24) is 0 Å². The third-order valence-corrected chi connectivity index (χ3v) is 4.83. The van der Waals surface area contributed by atoms with E-state index in [-0.39, 0.29) is 6.10 Å². The van der Waals surface area contributed by atoms with Crippen LogP contribution in [0.2, 0.25) is 0 Å². The zero-order valence-corrected chi connectivity index (χ0v) is 12.4. The molecule has 0 aliphatic heterocycles. The number of hydrogen-bond donors (Lipinski definition) is 1. The molecular formula is C18H28O. The molecular weight excluding hydrogens is 232 g/mol. The van der Waals surface area contributed by atoms with Crippen molar-refractivity contribution in [2.45, 2.75) is 70.8 Å². The van der Waals surface area contributed by atoms with Crippen molar-refractivity contribution in [1.29, 1.82) is 0 Å². The minimum Gasteiger partial charge on any atom is -0.388 e. The Morgan fingerprint density at radius 2 is 1.68 bits per heavy atom. The van der Waals surface area contributed by atoms with Crippen LogP contribution in [0.15, 0.2) is 24.3 Å². The van der Waals surface area contributed by atoms with Gasteiger partial charge in [-0.25, -0.2) is 0 Å². The summed E-state index contributed by atoms with van der Waals surface area (Å²) in [6.07, 6.45) is 8.55. The highest BCUT2D eigenvalue weighted by atomic mass is 16.3. The van der Waals surface area contributed by atoms with Gasteiger partial charge in [-0.2, -0.15) is 0 Å². The van der Waals surface area contributed by atoms with E-state index in [1.54, 1.807) is 0 Å². The van der Waals surface area contributed by atoms with Crippen molar-refractivity contribution >= 4 is 0 Å². The standard InChI is InChI=1S/C18H28O/c1-3-14(2)16-9-11-17(12-10-16)18(19)13-8-15-6-4-5-7-15/h9-12,14-15,18-19H,3-8,13H2,1-2H3. The molecule has 0 heterocycles. The predicted molar refractivity (Wildman–Crippen MR) is 81.3 cm³/mol. The van der Waals surface area contributed by atoms with E-state index in [4.69, 9.17) is 0 Å². The largest absolute Gasteiger partial charge is 0.388 e. The van der Waals surface area contributed by atoms with Crippen LogP contribution in [0.25, 0.3) is 0 Å². The minimum absolute atomic E-state index is 0.272. The lowest BCUT2D eigenvalue weighted by Gasteiger charge is -2.15. The van der Waals surface area contributed by atoms with Crippen LogP contribution in [0.1, 0.15) is 81.9 Å². The van der Waals surface area contributed by atoms with Crippen molar-refractivity contribution in [3.8, 4) is 0 Å². The van der Waals surface area contributed by atoms with Crippen molar-refractivity contribution in [2.24, 2.45) is 5.92 Å². The zero-order valence-electron chi connectivity index (χ0n) is 12.4. The number of aliphatic hydroxyl groups is 1. The number of rotatable bonds is 6. The van der Waals surface area contributed by atoms with E-state index in [1.165, 1.54) is 44.1 Å². The maximum Gasteiger partial charge on any atom is 0.0790 e. The molecule has 1 N–H and O–H groups in total. The summed E-state index contributed by atoms with van der Waals surface area (Å²) in [5.41, 5.74) is 2.47. The molecule has 0 spiro atoms. The Labute approximate surface area is 118 Å². The van der Waals surface area contributed by atoms with Crippen LogP contribution in [0.5, 0.6) is 0 Å². The summed E-state index contributed by atoms with van der Waals surface area (Å²) < 4.78 is 0. The molecule has 19 heavy (non-hydrogen) atoms. The van der Waals surface area contributed by atoms with Crippen LogP contribution in [-0.4, -0.2) is 5.11 Å². The molecule has 2 atom stereocenters. The maximum atomic E-state index is 10.3. The van der Waals surface area contributed by atoms with E-state index < -0.39 is 0 Å². The smallest absolute Gasteiger partial charge is 0.0790 e. The Balaban J connectivity index is 1.86. The summed E-state index contributed by atoms with van der Waals surface area (Å²) >= 11 is 0. The fourth-order valence-corrected chi connectivity index (χ4v) is 3.14. The van der Waals surface area contributed by atoms with Crippen LogP contribution in [0.4, 0.5) is 0 Å².